The van der Waals surface area contributed by atoms with Crippen molar-refractivity contribution in [2.24, 2.45) is 23.7 Å². The Hall–Kier alpha value is -2.41. The normalized spacial score (nSPS) is 31.1. The molecule has 0 unspecified atom stereocenters. The number of halogens is 1. The molecule has 3 aliphatic rings. The third kappa shape index (κ3) is 1.77. The molecule has 1 N–H and O–H groups in total. The summed E-state index contributed by atoms with van der Waals surface area (Å²) in [6.07, 6.45) is 4.67. The lowest BCUT2D eigenvalue weighted by atomic mass is 9.85. The van der Waals surface area contributed by atoms with Gasteiger partial charge in [0.1, 0.15) is 5.69 Å². The van der Waals surface area contributed by atoms with Crippen LogP contribution in [0.4, 0.5) is 11.4 Å². The maximum atomic E-state index is 12.7. The summed E-state index contributed by atoms with van der Waals surface area (Å²) in [4.78, 5) is 36.5. The number of aromatic hydroxyl groups is 1. The fourth-order valence-corrected chi connectivity index (χ4v) is 4.19. The van der Waals surface area contributed by atoms with Gasteiger partial charge in [-0.3, -0.25) is 19.7 Å². The largest absolute Gasteiger partial charge is 0.504 e. The molecular formula is C15H11ClN2O5. The maximum Gasteiger partial charge on any atom is 0.273 e. The van der Waals surface area contributed by atoms with E-state index in [1.54, 1.807) is 0 Å². The number of nitro groups is 1. The van der Waals surface area contributed by atoms with Crippen molar-refractivity contribution in [3.63, 3.8) is 0 Å². The first-order chi connectivity index (χ1) is 10.9. The van der Waals surface area contributed by atoms with E-state index in [1.165, 1.54) is 0 Å². The predicted octanol–water partition coefficient (Wildman–Crippen LogP) is 2.27. The van der Waals surface area contributed by atoms with Crippen LogP contribution in [0.1, 0.15) is 6.42 Å². The monoisotopic (exact) mass is 334 g/mol. The molecule has 1 heterocycles. The van der Waals surface area contributed by atoms with E-state index in [4.69, 9.17) is 11.6 Å². The van der Waals surface area contributed by atoms with Crippen molar-refractivity contribution >= 4 is 34.8 Å². The number of benzene rings is 1. The first kappa shape index (κ1) is 14.2. The second kappa shape index (κ2) is 4.55. The van der Waals surface area contributed by atoms with Gasteiger partial charge in [0.25, 0.3) is 5.69 Å². The molecular weight excluding hydrogens is 324 g/mol. The van der Waals surface area contributed by atoms with Gasteiger partial charge in [0.05, 0.1) is 21.8 Å². The lowest BCUT2D eigenvalue weighted by Gasteiger charge is -2.18. The Morgan fingerprint density at radius 3 is 2.26 bits per heavy atom. The molecule has 2 fully saturated rings. The van der Waals surface area contributed by atoms with E-state index in [0.717, 1.165) is 23.5 Å². The molecule has 23 heavy (non-hydrogen) atoms. The van der Waals surface area contributed by atoms with Crippen LogP contribution in [0.15, 0.2) is 24.3 Å². The SMILES string of the molecule is O=C1[C@@H]2[C@H](C(=O)N1c1cc([N+](=O)[O-])cc(Cl)c1O)[C@H]1C=C[C@H]2C1. The summed E-state index contributed by atoms with van der Waals surface area (Å²) in [5.74, 6) is -2.22. The third-order valence-electron chi connectivity index (χ3n) is 4.95. The summed E-state index contributed by atoms with van der Waals surface area (Å²) in [6.45, 7) is 0. The van der Waals surface area contributed by atoms with Gasteiger partial charge in [0, 0.05) is 12.1 Å². The number of nitrogens with zero attached hydrogens (tertiary/aromatic N) is 2. The van der Waals surface area contributed by atoms with Crippen LogP contribution in [0.3, 0.4) is 0 Å². The van der Waals surface area contributed by atoms with E-state index in [0.29, 0.717) is 0 Å². The van der Waals surface area contributed by atoms with Crippen molar-refractivity contribution in [2.45, 2.75) is 6.42 Å². The minimum Gasteiger partial charge on any atom is -0.504 e. The highest BCUT2D eigenvalue weighted by Gasteiger charge is 2.60. The van der Waals surface area contributed by atoms with E-state index < -0.39 is 34.3 Å². The van der Waals surface area contributed by atoms with Crippen molar-refractivity contribution in [2.75, 3.05) is 4.90 Å². The number of fused-ring (bicyclic) bond motifs is 5. The number of allylic oxidation sites excluding steroid dienone is 2. The second-order valence-electron chi connectivity index (χ2n) is 6.06. The lowest BCUT2D eigenvalue weighted by molar-refractivity contribution is -0.384. The quantitative estimate of drug-likeness (QED) is 0.387. The van der Waals surface area contributed by atoms with Crippen molar-refractivity contribution in [1.82, 2.24) is 0 Å². The van der Waals surface area contributed by atoms with Gasteiger partial charge >= 0.3 is 0 Å². The average Bonchev–Trinajstić information content (AvgIpc) is 3.17. The van der Waals surface area contributed by atoms with E-state index in [1.807, 2.05) is 12.2 Å². The van der Waals surface area contributed by atoms with Crippen molar-refractivity contribution < 1.29 is 19.6 Å². The molecule has 1 aromatic rings. The van der Waals surface area contributed by atoms with E-state index >= 15 is 0 Å². The zero-order valence-corrected chi connectivity index (χ0v) is 12.4. The van der Waals surface area contributed by atoms with Gasteiger partial charge < -0.3 is 5.11 Å². The Morgan fingerprint density at radius 1 is 1.17 bits per heavy atom. The molecule has 1 aliphatic heterocycles. The van der Waals surface area contributed by atoms with Gasteiger partial charge in [-0.2, -0.15) is 0 Å². The minimum atomic E-state index is -0.689. The molecule has 2 bridgehead atoms. The van der Waals surface area contributed by atoms with Crippen LogP contribution in [0.2, 0.25) is 5.02 Å². The number of hydrogen-bond donors (Lipinski definition) is 1. The average molecular weight is 335 g/mol. The van der Waals surface area contributed by atoms with Crippen molar-refractivity contribution in [1.29, 1.82) is 0 Å². The van der Waals surface area contributed by atoms with Crippen LogP contribution in [0.25, 0.3) is 0 Å². The highest BCUT2D eigenvalue weighted by Crippen LogP contribution is 2.54. The number of amides is 2. The molecule has 7 nitrogen and oxygen atoms in total. The number of phenolic OH excluding ortho intramolecular Hbond substituents is 1. The minimum absolute atomic E-state index is 0.0164. The smallest absolute Gasteiger partial charge is 0.273 e. The zero-order chi connectivity index (χ0) is 16.5. The molecule has 0 aromatic heterocycles. The first-order valence-electron chi connectivity index (χ1n) is 7.13. The first-order valence-corrected chi connectivity index (χ1v) is 7.51. The second-order valence-corrected chi connectivity index (χ2v) is 6.47. The predicted molar refractivity (Wildman–Crippen MR) is 80.0 cm³/mol. The summed E-state index contributed by atoms with van der Waals surface area (Å²) in [6, 6.07) is 1.99. The van der Waals surface area contributed by atoms with Crippen LogP contribution in [0.5, 0.6) is 5.75 Å². The van der Waals surface area contributed by atoms with Crippen LogP contribution < -0.4 is 4.90 Å². The number of hydrogen-bond acceptors (Lipinski definition) is 5. The molecule has 1 saturated heterocycles. The van der Waals surface area contributed by atoms with Crippen LogP contribution >= 0.6 is 11.6 Å². The fraction of sp³-hybridized carbons (Fsp3) is 0.333. The molecule has 0 spiro atoms. The van der Waals surface area contributed by atoms with E-state index in [-0.39, 0.29) is 28.2 Å². The molecule has 118 valence electrons. The Balaban J connectivity index is 1.82. The van der Waals surface area contributed by atoms with Gasteiger partial charge in [0.2, 0.25) is 11.8 Å². The molecule has 4 rings (SSSR count). The van der Waals surface area contributed by atoms with Crippen LogP contribution in [0, 0.1) is 33.8 Å². The molecule has 2 aliphatic carbocycles. The number of anilines is 1. The number of carbonyl (C=O) groups excluding carboxylic acids is 2. The summed E-state index contributed by atoms with van der Waals surface area (Å²) in [5, 5.41) is 20.8. The number of imide groups is 1. The topological polar surface area (TPSA) is 101 Å². The Morgan fingerprint density at radius 2 is 1.74 bits per heavy atom. The van der Waals surface area contributed by atoms with Gasteiger partial charge in [-0.25, -0.2) is 4.90 Å². The van der Waals surface area contributed by atoms with Gasteiger partial charge in [-0.05, 0) is 18.3 Å². The summed E-state index contributed by atoms with van der Waals surface area (Å²) in [5.41, 5.74) is -0.602. The van der Waals surface area contributed by atoms with Crippen LogP contribution in [-0.2, 0) is 9.59 Å². The molecule has 8 heteroatoms. The molecule has 2 amide bonds. The van der Waals surface area contributed by atoms with Gasteiger partial charge in [-0.15, -0.1) is 0 Å². The fourth-order valence-electron chi connectivity index (χ4n) is 3.99. The Labute approximate surface area is 135 Å². The van der Waals surface area contributed by atoms with E-state index in [2.05, 4.69) is 0 Å². The Bertz CT molecular complexity index is 775. The summed E-state index contributed by atoms with van der Waals surface area (Å²) >= 11 is 5.81. The van der Waals surface area contributed by atoms with Crippen molar-refractivity contribution in [3.05, 3.63) is 39.4 Å². The van der Waals surface area contributed by atoms with E-state index in [9.17, 15) is 24.8 Å². The highest BCUT2D eigenvalue weighted by molar-refractivity contribution is 6.33. The lowest BCUT2D eigenvalue weighted by Crippen LogP contribution is -2.33. The maximum absolute atomic E-state index is 12.7. The highest BCUT2D eigenvalue weighted by atomic mass is 35.5. The molecule has 1 aromatic carbocycles. The zero-order valence-electron chi connectivity index (χ0n) is 11.7. The molecule has 4 atom stereocenters. The van der Waals surface area contributed by atoms with Gasteiger partial charge in [0.15, 0.2) is 5.75 Å². The van der Waals surface area contributed by atoms with Crippen molar-refractivity contribution in [3.8, 4) is 5.75 Å². The molecule has 1 saturated carbocycles. The Kier molecular flexibility index (Phi) is 2.81. The summed E-state index contributed by atoms with van der Waals surface area (Å²) < 4.78 is 0. The standard InChI is InChI=1S/C15H11ClN2O5/c16-9-4-8(18(22)23)5-10(13(9)19)17-14(20)11-6-1-2-7(3-6)12(11)15(17)21/h1-2,4-7,11-12,19H,3H2/t6-,7-,11-,12+/m0/s1. The molecule has 0 radical (unpaired) electrons. The third-order valence-corrected chi connectivity index (χ3v) is 5.24. The number of phenols is 1. The van der Waals surface area contributed by atoms with Gasteiger partial charge in [-0.1, -0.05) is 23.8 Å². The number of non-ortho nitro benzene ring substituents is 1. The number of carbonyl (C=O) groups is 2. The number of rotatable bonds is 2. The van der Waals surface area contributed by atoms with Crippen LogP contribution in [-0.4, -0.2) is 21.8 Å². The summed E-state index contributed by atoms with van der Waals surface area (Å²) in [7, 11) is 0. The number of nitro benzene ring substituents is 1.